The molecule has 7 heteroatoms. The molecule has 0 N–H and O–H groups in total. The van der Waals surface area contributed by atoms with Crippen molar-refractivity contribution in [1.29, 1.82) is 0 Å². The van der Waals surface area contributed by atoms with Gasteiger partial charge < -0.3 is 14.0 Å². The summed E-state index contributed by atoms with van der Waals surface area (Å²) >= 11 is 1.59. The van der Waals surface area contributed by atoms with Gasteiger partial charge in [0.1, 0.15) is 11.5 Å². The minimum absolute atomic E-state index is 0.0358. The van der Waals surface area contributed by atoms with Crippen LogP contribution in [0.3, 0.4) is 0 Å². The molecule has 0 radical (unpaired) electrons. The van der Waals surface area contributed by atoms with Crippen LogP contribution in [0, 0.1) is 5.92 Å². The van der Waals surface area contributed by atoms with Crippen LogP contribution in [0.1, 0.15) is 36.7 Å². The van der Waals surface area contributed by atoms with Crippen molar-refractivity contribution in [2.45, 2.75) is 38.2 Å². The van der Waals surface area contributed by atoms with Crippen molar-refractivity contribution in [3.8, 4) is 22.9 Å². The lowest BCUT2D eigenvalue weighted by atomic mass is 10.1. The van der Waals surface area contributed by atoms with Crippen LogP contribution in [-0.4, -0.2) is 34.8 Å². The summed E-state index contributed by atoms with van der Waals surface area (Å²) in [6, 6.07) is 13.4. The predicted molar refractivity (Wildman–Crippen MR) is 119 cm³/mol. The SMILES string of the molecule is COc1ccc(-c2nnc(SCc3cc(C(C)=O)ccc3OC)n2CC(C)C)cc1. The largest absolute Gasteiger partial charge is 0.497 e. The molecule has 1 aromatic heterocycles. The molecule has 6 nitrogen and oxygen atoms in total. The van der Waals surface area contributed by atoms with Crippen LogP contribution in [0.15, 0.2) is 47.6 Å². The highest BCUT2D eigenvalue weighted by Gasteiger charge is 2.17. The fraction of sp³-hybridized carbons (Fsp3) is 0.348. The number of ether oxygens (including phenoxy) is 2. The van der Waals surface area contributed by atoms with Gasteiger partial charge in [-0.05, 0) is 55.3 Å². The van der Waals surface area contributed by atoms with Crippen LogP contribution in [0.4, 0.5) is 0 Å². The maximum Gasteiger partial charge on any atom is 0.191 e. The van der Waals surface area contributed by atoms with Crippen LogP contribution in [0.5, 0.6) is 11.5 Å². The number of hydrogen-bond acceptors (Lipinski definition) is 6. The van der Waals surface area contributed by atoms with E-state index in [1.807, 2.05) is 36.4 Å². The van der Waals surface area contributed by atoms with Crippen molar-refractivity contribution in [3.63, 3.8) is 0 Å². The van der Waals surface area contributed by atoms with Gasteiger partial charge in [0.15, 0.2) is 16.8 Å². The Bertz CT molecular complexity index is 1010. The zero-order valence-electron chi connectivity index (χ0n) is 18.0. The number of methoxy groups -OCH3 is 2. The van der Waals surface area contributed by atoms with E-state index in [0.717, 1.165) is 40.2 Å². The quantitative estimate of drug-likeness (QED) is 0.350. The Hall–Kier alpha value is -2.80. The van der Waals surface area contributed by atoms with E-state index >= 15 is 0 Å². The topological polar surface area (TPSA) is 66.2 Å². The first kappa shape index (κ1) is 21.9. The molecule has 3 aromatic rings. The molecule has 0 fully saturated rings. The summed E-state index contributed by atoms with van der Waals surface area (Å²) in [6.45, 7) is 6.72. The summed E-state index contributed by atoms with van der Waals surface area (Å²) in [7, 11) is 3.29. The second-order valence-electron chi connectivity index (χ2n) is 7.41. The molecule has 0 bridgehead atoms. The first-order valence-corrected chi connectivity index (χ1v) is 10.8. The minimum atomic E-state index is 0.0358. The van der Waals surface area contributed by atoms with Crippen LogP contribution in [-0.2, 0) is 12.3 Å². The van der Waals surface area contributed by atoms with E-state index in [4.69, 9.17) is 9.47 Å². The molecule has 0 saturated heterocycles. The van der Waals surface area contributed by atoms with Crippen LogP contribution in [0.2, 0.25) is 0 Å². The van der Waals surface area contributed by atoms with Crippen molar-refractivity contribution < 1.29 is 14.3 Å². The molecule has 1 heterocycles. The normalized spacial score (nSPS) is 11.0. The maximum atomic E-state index is 11.8. The first-order valence-electron chi connectivity index (χ1n) is 9.81. The third-order valence-corrected chi connectivity index (χ3v) is 5.67. The van der Waals surface area contributed by atoms with Crippen LogP contribution in [0.25, 0.3) is 11.4 Å². The molecular formula is C23H27N3O3S. The molecule has 0 aliphatic rings. The summed E-state index contributed by atoms with van der Waals surface area (Å²) in [5.74, 6) is 3.50. The Morgan fingerprint density at radius 3 is 2.40 bits per heavy atom. The molecule has 0 spiro atoms. The Morgan fingerprint density at radius 2 is 1.80 bits per heavy atom. The molecule has 158 valence electrons. The van der Waals surface area contributed by atoms with Crippen molar-refractivity contribution in [3.05, 3.63) is 53.6 Å². The highest BCUT2D eigenvalue weighted by Crippen LogP contribution is 2.31. The van der Waals surface area contributed by atoms with Crippen LogP contribution >= 0.6 is 11.8 Å². The molecule has 0 atom stereocenters. The number of nitrogens with zero attached hydrogens (tertiary/aromatic N) is 3. The monoisotopic (exact) mass is 425 g/mol. The third-order valence-electron chi connectivity index (χ3n) is 4.66. The van der Waals surface area contributed by atoms with Crippen molar-refractivity contribution in [2.24, 2.45) is 5.92 Å². The molecule has 0 unspecified atom stereocenters. The first-order chi connectivity index (χ1) is 14.4. The molecular weight excluding hydrogens is 398 g/mol. The fourth-order valence-corrected chi connectivity index (χ4v) is 4.06. The number of ketones is 1. The average molecular weight is 426 g/mol. The van der Waals surface area contributed by atoms with E-state index in [0.29, 0.717) is 17.2 Å². The fourth-order valence-electron chi connectivity index (χ4n) is 3.13. The van der Waals surface area contributed by atoms with Gasteiger partial charge in [0.05, 0.1) is 14.2 Å². The molecule has 0 aliphatic heterocycles. The highest BCUT2D eigenvalue weighted by molar-refractivity contribution is 7.98. The van der Waals surface area contributed by atoms with Gasteiger partial charge in [-0.25, -0.2) is 0 Å². The third kappa shape index (κ3) is 5.02. The van der Waals surface area contributed by atoms with Gasteiger partial charge in [-0.15, -0.1) is 10.2 Å². The Balaban J connectivity index is 1.90. The summed E-state index contributed by atoms with van der Waals surface area (Å²) in [5, 5.41) is 9.75. The van der Waals surface area contributed by atoms with E-state index in [-0.39, 0.29) is 5.78 Å². The molecule has 0 saturated carbocycles. The number of benzene rings is 2. The standard InChI is InChI=1S/C23H27N3O3S/c1-15(2)13-26-22(17-6-9-20(28-4)10-7-17)24-25-23(26)30-14-19-12-18(16(3)27)8-11-21(19)29-5/h6-12,15H,13-14H2,1-5H3. The lowest BCUT2D eigenvalue weighted by Gasteiger charge is -2.14. The number of thioether (sulfide) groups is 1. The summed E-state index contributed by atoms with van der Waals surface area (Å²) < 4.78 is 12.9. The van der Waals surface area contributed by atoms with Crippen molar-refractivity contribution >= 4 is 17.5 Å². The Morgan fingerprint density at radius 1 is 1.07 bits per heavy atom. The second kappa shape index (κ2) is 9.80. The van der Waals surface area contributed by atoms with Gasteiger partial charge in [0.25, 0.3) is 0 Å². The lowest BCUT2D eigenvalue weighted by molar-refractivity contribution is 0.101. The van der Waals surface area contributed by atoms with E-state index < -0.39 is 0 Å². The number of hydrogen-bond donors (Lipinski definition) is 0. The summed E-state index contributed by atoms with van der Waals surface area (Å²) in [4.78, 5) is 11.8. The van der Waals surface area contributed by atoms with E-state index in [2.05, 4.69) is 28.6 Å². The lowest BCUT2D eigenvalue weighted by Crippen LogP contribution is -2.08. The molecule has 0 amide bonds. The molecule has 0 aliphatic carbocycles. The number of carbonyl (C=O) groups excluding carboxylic acids is 1. The minimum Gasteiger partial charge on any atom is -0.497 e. The molecule has 30 heavy (non-hydrogen) atoms. The van der Waals surface area contributed by atoms with E-state index in [1.54, 1.807) is 39.0 Å². The number of Topliss-reactive ketones (excluding diaryl/α,β-unsaturated/α-hetero) is 1. The number of aromatic nitrogens is 3. The molecule has 2 aromatic carbocycles. The molecule has 3 rings (SSSR count). The number of rotatable bonds is 9. The van der Waals surface area contributed by atoms with Gasteiger partial charge in [-0.1, -0.05) is 25.6 Å². The van der Waals surface area contributed by atoms with Gasteiger partial charge in [-0.2, -0.15) is 0 Å². The highest BCUT2D eigenvalue weighted by atomic mass is 32.2. The average Bonchev–Trinajstić information content (AvgIpc) is 3.13. The van der Waals surface area contributed by atoms with E-state index in [9.17, 15) is 4.79 Å². The summed E-state index contributed by atoms with van der Waals surface area (Å²) in [5.41, 5.74) is 2.63. The van der Waals surface area contributed by atoms with Gasteiger partial charge in [0.2, 0.25) is 0 Å². The predicted octanol–water partition coefficient (Wildman–Crippen LogP) is 5.11. The smallest absolute Gasteiger partial charge is 0.191 e. The summed E-state index contributed by atoms with van der Waals surface area (Å²) in [6.07, 6.45) is 0. The Kier molecular flexibility index (Phi) is 7.15. The Labute approximate surface area is 181 Å². The van der Waals surface area contributed by atoms with Crippen molar-refractivity contribution in [1.82, 2.24) is 14.8 Å². The van der Waals surface area contributed by atoms with Crippen molar-refractivity contribution in [2.75, 3.05) is 14.2 Å². The van der Waals surface area contributed by atoms with Gasteiger partial charge in [-0.3, -0.25) is 4.79 Å². The number of carbonyl (C=O) groups is 1. The zero-order valence-corrected chi connectivity index (χ0v) is 18.8. The van der Waals surface area contributed by atoms with Crippen LogP contribution < -0.4 is 9.47 Å². The van der Waals surface area contributed by atoms with E-state index in [1.165, 1.54) is 0 Å². The maximum absolute atomic E-state index is 11.8. The van der Waals surface area contributed by atoms with Gasteiger partial charge in [0, 0.05) is 29.0 Å². The second-order valence-corrected chi connectivity index (χ2v) is 8.35. The van der Waals surface area contributed by atoms with Gasteiger partial charge >= 0.3 is 0 Å². The zero-order chi connectivity index (χ0) is 21.7.